The van der Waals surface area contributed by atoms with Crippen LogP contribution < -0.4 is 15.0 Å². The molecule has 2 amide bonds. The van der Waals surface area contributed by atoms with E-state index in [0.717, 1.165) is 0 Å². The Labute approximate surface area is 156 Å². The first-order chi connectivity index (χ1) is 12.5. The number of hydrogen-bond acceptors (Lipinski definition) is 4. The summed E-state index contributed by atoms with van der Waals surface area (Å²) in [4.78, 5) is 26.5. The largest absolute Gasteiger partial charge is 0.506 e. The number of hydrogen-bond donors (Lipinski definition) is 2. The summed E-state index contributed by atoms with van der Waals surface area (Å²) in [5.41, 5.74) is 0.878. The van der Waals surface area contributed by atoms with Gasteiger partial charge in [-0.2, -0.15) is 0 Å². The molecule has 0 saturated carbocycles. The van der Waals surface area contributed by atoms with Crippen LogP contribution in [0.2, 0.25) is 5.02 Å². The molecule has 1 unspecified atom stereocenters. The Kier molecular flexibility index (Phi) is 5.32. The molecule has 136 valence electrons. The number of carbonyl (C=O) groups is 2. The lowest BCUT2D eigenvalue weighted by Crippen LogP contribution is -2.28. The second-order valence-corrected chi connectivity index (χ2v) is 6.39. The first kappa shape index (κ1) is 18.1. The highest BCUT2D eigenvalue weighted by atomic mass is 35.5. The van der Waals surface area contributed by atoms with Crippen LogP contribution >= 0.6 is 11.6 Å². The number of amides is 2. The number of nitrogens with zero attached hydrogens (tertiary/aromatic N) is 1. The van der Waals surface area contributed by atoms with Crippen molar-refractivity contribution in [3.8, 4) is 11.5 Å². The van der Waals surface area contributed by atoms with E-state index < -0.39 is 5.92 Å². The van der Waals surface area contributed by atoms with E-state index in [2.05, 4.69) is 5.32 Å². The van der Waals surface area contributed by atoms with E-state index in [4.69, 9.17) is 16.3 Å². The van der Waals surface area contributed by atoms with Crippen LogP contribution in [0.1, 0.15) is 13.3 Å². The number of halogens is 1. The highest BCUT2D eigenvalue weighted by molar-refractivity contribution is 6.31. The van der Waals surface area contributed by atoms with Crippen LogP contribution in [-0.2, 0) is 9.59 Å². The van der Waals surface area contributed by atoms with Gasteiger partial charge in [0.25, 0.3) is 0 Å². The second-order valence-electron chi connectivity index (χ2n) is 5.96. The Morgan fingerprint density at radius 1 is 1.35 bits per heavy atom. The Hall–Kier alpha value is -2.73. The van der Waals surface area contributed by atoms with Gasteiger partial charge in [-0.05, 0) is 37.3 Å². The lowest BCUT2D eigenvalue weighted by atomic mass is 10.1. The molecule has 1 atom stereocenters. The Bertz CT molecular complexity index is 840. The Morgan fingerprint density at radius 2 is 2.12 bits per heavy atom. The van der Waals surface area contributed by atoms with Gasteiger partial charge in [0.05, 0.1) is 23.9 Å². The molecule has 6 nitrogen and oxygen atoms in total. The summed E-state index contributed by atoms with van der Waals surface area (Å²) < 4.78 is 5.58. The molecule has 1 heterocycles. The summed E-state index contributed by atoms with van der Waals surface area (Å²) in [6.45, 7) is 2.60. The smallest absolute Gasteiger partial charge is 0.229 e. The van der Waals surface area contributed by atoms with Gasteiger partial charge in [-0.25, -0.2) is 0 Å². The van der Waals surface area contributed by atoms with Crippen molar-refractivity contribution in [2.75, 3.05) is 23.4 Å². The van der Waals surface area contributed by atoms with Crippen LogP contribution in [0.5, 0.6) is 11.5 Å². The van der Waals surface area contributed by atoms with Gasteiger partial charge in [0.15, 0.2) is 0 Å². The van der Waals surface area contributed by atoms with Crippen LogP contribution in [0.25, 0.3) is 0 Å². The fourth-order valence-electron chi connectivity index (χ4n) is 2.92. The van der Waals surface area contributed by atoms with E-state index in [-0.39, 0.29) is 36.2 Å². The normalized spacial score (nSPS) is 16.6. The van der Waals surface area contributed by atoms with Crippen molar-refractivity contribution in [3.63, 3.8) is 0 Å². The van der Waals surface area contributed by atoms with Gasteiger partial charge in [-0.15, -0.1) is 0 Å². The van der Waals surface area contributed by atoms with Crippen molar-refractivity contribution in [3.05, 3.63) is 47.5 Å². The fourth-order valence-corrected chi connectivity index (χ4v) is 3.09. The Morgan fingerprint density at radius 3 is 2.88 bits per heavy atom. The third-order valence-corrected chi connectivity index (χ3v) is 4.40. The van der Waals surface area contributed by atoms with Crippen molar-refractivity contribution < 1.29 is 19.4 Å². The number of carbonyl (C=O) groups excluding carboxylic acids is 2. The number of rotatable bonds is 5. The van der Waals surface area contributed by atoms with Gasteiger partial charge in [0.1, 0.15) is 11.5 Å². The third kappa shape index (κ3) is 3.75. The third-order valence-electron chi connectivity index (χ3n) is 4.17. The van der Waals surface area contributed by atoms with Crippen LogP contribution in [0.3, 0.4) is 0 Å². The van der Waals surface area contributed by atoms with Crippen molar-refractivity contribution in [2.24, 2.45) is 5.92 Å². The SMILES string of the molecule is CCOc1ccccc1N1CC(C(=O)Nc2cc(Cl)ccc2O)CC1=O. The second kappa shape index (κ2) is 7.66. The van der Waals surface area contributed by atoms with E-state index >= 15 is 0 Å². The highest BCUT2D eigenvalue weighted by Crippen LogP contribution is 2.34. The fraction of sp³-hybridized carbons (Fsp3) is 0.263. The van der Waals surface area contributed by atoms with Crippen LogP contribution in [0.4, 0.5) is 11.4 Å². The van der Waals surface area contributed by atoms with Crippen molar-refractivity contribution >= 4 is 34.8 Å². The van der Waals surface area contributed by atoms with Gasteiger partial charge in [-0.3, -0.25) is 9.59 Å². The molecule has 0 aromatic heterocycles. The maximum atomic E-state index is 12.5. The summed E-state index contributed by atoms with van der Waals surface area (Å²) in [5.74, 6) is -0.488. The lowest BCUT2D eigenvalue weighted by Gasteiger charge is -2.20. The first-order valence-electron chi connectivity index (χ1n) is 8.31. The molecule has 1 fully saturated rings. The molecule has 0 spiro atoms. The molecule has 3 rings (SSSR count). The topological polar surface area (TPSA) is 78.9 Å². The molecule has 1 saturated heterocycles. The molecule has 26 heavy (non-hydrogen) atoms. The minimum atomic E-state index is -0.532. The maximum Gasteiger partial charge on any atom is 0.229 e. The molecule has 2 aromatic carbocycles. The number of anilines is 2. The minimum absolute atomic E-state index is 0.0781. The predicted molar refractivity (Wildman–Crippen MR) is 99.8 cm³/mol. The summed E-state index contributed by atoms with van der Waals surface area (Å²) in [6, 6.07) is 11.6. The number of phenolic OH excluding ortho intramolecular Hbond substituents is 1. The number of nitrogens with one attached hydrogen (secondary N) is 1. The van der Waals surface area contributed by atoms with E-state index in [1.807, 2.05) is 19.1 Å². The quantitative estimate of drug-likeness (QED) is 0.786. The zero-order chi connectivity index (χ0) is 18.7. The van der Waals surface area contributed by atoms with Gasteiger partial charge in [-0.1, -0.05) is 23.7 Å². The average molecular weight is 375 g/mol. The molecule has 0 bridgehead atoms. The number of phenols is 1. The van der Waals surface area contributed by atoms with Gasteiger partial charge < -0.3 is 20.1 Å². The van der Waals surface area contributed by atoms with Crippen LogP contribution in [0.15, 0.2) is 42.5 Å². The molecule has 1 aliphatic rings. The van der Waals surface area contributed by atoms with Crippen molar-refractivity contribution in [1.29, 1.82) is 0 Å². The molecular formula is C19H19ClN2O4. The Balaban J connectivity index is 1.75. The zero-order valence-corrected chi connectivity index (χ0v) is 15.0. The maximum absolute atomic E-state index is 12.5. The first-order valence-corrected chi connectivity index (χ1v) is 8.69. The van der Waals surface area contributed by atoms with E-state index in [0.29, 0.717) is 23.1 Å². The summed E-state index contributed by atoms with van der Waals surface area (Å²) in [6.07, 6.45) is 0.0909. The standard InChI is InChI=1S/C19H19ClN2O4/c1-2-26-17-6-4-3-5-15(17)22-11-12(9-18(22)24)19(25)21-14-10-13(20)7-8-16(14)23/h3-8,10,12,23H,2,9,11H2,1H3,(H,21,25). The average Bonchev–Trinajstić information content (AvgIpc) is 3.01. The van der Waals surface area contributed by atoms with E-state index in [1.165, 1.54) is 18.2 Å². The number of benzene rings is 2. The van der Waals surface area contributed by atoms with Crippen LogP contribution in [-0.4, -0.2) is 30.1 Å². The molecule has 2 N–H and O–H groups in total. The molecule has 2 aromatic rings. The lowest BCUT2D eigenvalue weighted by molar-refractivity contribution is -0.122. The molecule has 1 aliphatic heterocycles. The van der Waals surface area contributed by atoms with E-state index in [9.17, 15) is 14.7 Å². The number of ether oxygens (including phenoxy) is 1. The highest BCUT2D eigenvalue weighted by Gasteiger charge is 2.36. The number of para-hydroxylation sites is 2. The van der Waals surface area contributed by atoms with Crippen molar-refractivity contribution in [1.82, 2.24) is 0 Å². The van der Waals surface area contributed by atoms with Crippen molar-refractivity contribution in [2.45, 2.75) is 13.3 Å². The molecule has 7 heteroatoms. The summed E-state index contributed by atoms with van der Waals surface area (Å²) in [5, 5.41) is 12.9. The van der Waals surface area contributed by atoms with E-state index in [1.54, 1.807) is 17.0 Å². The van der Waals surface area contributed by atoms with Gasteiger partial charge in [0, 0.05) is 18.0 Å². The predicted octanol–water partition coefficient (Wildman–Crippen LogP) is 3.44. The summed E-state index contributed by atoms with van der Waals surface area (Å²) >= 11 is 5.89. The summed E-state index contributed by atoms with van der Waals surface area (Å²) in [7, 11) is 0. The zero-order valence-electron chi connectivity index (χ0n) is 14.2. The van der Waals surface area contributed by atoms with Gasteiger partial charge >= 0.3 is 0 Å². The monoisotopic (exact) mass is 374 g/mol. The molecule has 0 radical (unpaired) electrons. The van der Waals surface area contributed by atoms with Gasteiger partial charge in [0.2, 0.25) is 11.8 Å². The number of aromatic hydroxyl groups is 1. The minimum Gasteiger partial charge on any atom is -0.506 e. The molecular weight excluding hydrogens is 356 g/mol. The molecule has 0 aliphatic carbocycles. The van der Waals surface area contributed by atoms with Crippen LogP contribution in [0, 0.1) is 5.92 Å².